The summed E-state index contributed by atoms with van der Waals surface area (Å²) in [7, 11) is 1.71. The molecule has 0 radical (unpaired) electrons. The Kier molecular flexibility index (Phi) is 5.26. The van der Waals surface area contributed by atoms with Gasteiger partial charge in [-0.05, 0) is 36.8 Å². The Hall–Kier alpha value is -3.26. The van der Waals surface area contributed by atoms with Gasteiger partial charge in [-0.1, -0.05) is 23.7 Å². The second-order valence-corrected chi connectivity index (χ2v) is 7.33. The minimum atomic E-state index is -1.09. The molecule has 1 unspecified atom stereocenters. The fourth-order valence-electron chi connectivity index (χ4n) is 3.58. The average molecular weight is 431 g/mol. The summed E-state index contributed by atoms with van der Waals surface area (Å²) >= 11 is 6.12. The van der Waals surface area contributed by atoms with Gasteiger partial charge >= 0.3 is 0 Å². The normalized spacial score (nSPS) is 15.6. The van der Waals surface area contributed by atoms with Gasteiger partial charge in [0.1, 0.15) is 0 Å². The summed E-state index contributed by atoms with van der Waals surface area (Å²) in [4.78, 5) is 27.1. The van der Waals surface area contributed by atoms with E-state index in [0.29, 0.717) is 28.4 Å². The molecule has 2 heterocycles. The molecule has 1 aliphatic rings. The lowest BCUT2D eigenvalue weighted by Crippen LogP contribution is -2.41. The first-order chi connectivity index (χ1) is 14.4. The predicted molar refractivity (Wildman–Crippen MR) is 108 cm³/mol. The van der Waals surface area contributed by atoms with Gasteiger partial charge in [-0.3, -0.25) is 14.3 Å². The zero-order chi connectivity index (χ0) is 21.4. The maximum Gasteiger partial charge on any atom is 0.258 e. The Labute approximate surface area is 176 Å². The van der Waals surface area contributed by atoms with Gasteiger partial charge in [0.25, 0.3) is 11.8 Å². The molecule has 30 heavy (non-hydrogen) atoms. The van der Waals surface area contributed by atoms with Crippen LogP contribution in [0.25, 0.3) is 0 Å². The van der Waals surface area contributed by atoms with Crippen LogP contribution in [0.5, 0.6) is 0 Å². The molecule has 2 aromatic carbocycles. The van der Waals surface area contributed by atoms with E-state index in [-0.39, 0.29) is 18.0 Å². The quantitative estimate of drug-likeness (QED) is 0.685. The Morgan fingerprint density at radius 1 is 1.17 bits per heavy atom. The molecule has 154 valence electrons. The summed E-state index contributed by atoms with van der Waals surface area (Å²) in [6.45, 7) is 0.268. The average Bonchev–Trinajstić information content (AvgIpc) is 3.12. The van der Waals surface area contributed by atoms with E-state index in [1.165, 1.54) is 17.2 Å². The van der Waals surface area contributed by atoms with Crippen LogP contribution in [0.2, 0.25) is 5.02 Å². The van der Waals surface area contributed by atoms with Gasteiger partial charge in [-0.15, -0.1) is 0 Å². The minimum Gasteiger partial charge on any atom is -0.343 e. The number of fused-ring (bicyclic) bond motifs is 1. The van der Waals surface area contributed by atoms with Gasteiger partial charge in [0.15, 0.2) is 11.6 Å². The molecule has 0 saturated heterocycles. The molecule has 1 aliphatic heterocycles. The molecular weight excluding hydrogens is 414 g/mol. The molecule has 4 rings (SSSR count). The summed E-state index contributed by atoms with van der Waals surface area (Å²) in [6, 6.07) is 9.36. The van der Waals surface area contributed by atoms with Crippen LogP contribution in [-0.2, 0) is 7.05 Å². The molecule has 1 atom stereocenters. The van der Waals surface area contributed by atoms with Crippen LogP contribution in [0, 0.1) is 11.6 Å². The lowest BCUT2D eigenvalue weighted by molar-refractivity contribution is 0.0931. The Morgan fingerprint density at radius 2 is 1.93 bits per heavy atom. The first-order valence-electron chi connectivity index (χ1n) is 9.21. The van der Waals surface area contributed by atoms with Gasteiger partial charge in [-0.25, -0.2) is 8.78 Å². The fourth-order valence-corrected chi connectivity index (χ4v) is 3.80. The molecule has 9 heteroatoms. The van der Waals surface area contributed by atoms with Crippen molar-refractivity contribution in [2.75, 3.05) is 11.4 Å². The largest absolute Gasteiger partial charge is 0.343 e. The fraction of sp³-hybridized carbons (Fsp3) is 0.190. The third-order valence-corrected chi connectivity index (χ3v) is 5.39. The highest BCUT2D eigenvalue weighted by atomic mass is 35.5. The van der Waals surface area contributed by atoms with Crippen molar-refractivity contribution in [1.29, 1.82) is 0 Å². The van der Waals surface area contributed by atoms with Crippen molar-refractivity contribution >= 4 is 29.1 Å². The predicted octanol–water partition coefficient (Wildman–Crippen LogP) is 3.87. The van der Waals surface area contributed by atoms with Crippen molar-refractivity contribution in [2.24, 2.45) is 7.05 Å². The van der Waals surface area contributed by atoms with Crippen LogP contribution in [0.3, 0.4) is 0 Å². The van der Waals surface area contributed by atoms with E-state index >= 15 is 0 Å². The van der Waals surface area contributed by atoms with Crippen molar-refractivity contribution in [2.45, 2.75) is 12.5 Å². The summed E-state index contributed by atoms with van der Waals surface area (Å²) < 4.78 is 28.4. The van der Waals surface area contributed by atoms with Crippen molar-refractivity contribution in [3.8, 4) is 0 Å². The van der Waals surface area contributed by atoms with Gasteiger partial charge in [0.05, 0.1) is 34.2 Å². The van der Waals surface area contributed by atoms with Crippen LogP contribution >= 0.6 is 11.6 Å². The smallest absolute Gasteiger partial charge is 0.258 e. The van der Waals surface area contributed by atoms with E-state index in [4.69, 9.17) is 11.6 Å². The van der Waals surface area contributed by atoms with Gasteiger partial charge in [-0.2, -0.15) is 5.10 Å². The molecule has 2 amide bonds. The third-order valence-electron chi connectivity index (χ3n) is 5.06. The maximum atomic E-state index is 13.6. The second-order valence-electron chi connectivity index (χ2n) is 6.92. The second kappa shape index (κ2) is 7.87. The summed E-state index contributed by atoms with van der Waals surface area (Å²) in [6.07, 6.45) is 1.93. The minimum absolute atomic E-state index is 0.0299. The van der Waals surface area contributed by atoms with Crippen molar-refractivity contribution in [3.05, 3.63) is 82.1 Å². The number of amides is 2. The first-order valence-corrected chi connectivity index (χ1v) is 9.59. The number of nitrogens with zero attached hydrogens (tertiary/aromatic N) is 3. The Bertz CT molecular complexity index is 1150. The number of rotatable bonds is 3. The molecule has 0 spiro atoms. The number of aryl methyl sites for hydroxylation is 1. The number of aromatic nitrogens is 2. The van der Waals surface area contributed by atoms with Crippen molar-refractivity contribution < 1.29 is 18.4 Å². The highest BCUT2D eigenvalue weighted by molar-refractivity contribution is 6.33. The van der Waals surface area contributed by atoms with Crippen LogP contribution in [0.4, 0.5) is 14.5 Å². The summed E-state index contributed by atoms with van der Waals surface area (Å²) in [5.74, 6) is -2.92. The number of hydrogen-bond donors (Lipinski definition) is 1. The highest BCUT2D eigenvalue weighted by Crippen LogP contribution is 2.34. The van der Waals surface area contributed by atoms with Gasteiger partial charge in [0, 0.05) is 19.2 Å². The Morgan fingerprint density at radius 3 is 2.67 bits per heavy atom. The van der Waals surface area contributed by atoms with Crippen LogP contribution in [0.15, 0.2) is 48.7 Å². The first kappa shape index (κ1) is 20.0. The molecule has 6 nitrogen and oxygen atoms in total. The molecule has 1 aromatic heterocycles. The number of carbonyl (C=O) groups is 2. The van der Waals surface area contributed by atoms with E-state index in [1.54, 1.807) is 36.0 Å². The number of hydrogen-bond acceptors (Lipinski definition) is 3. The Balaban J connectivity index is 1.62. The van der Waals surface area contributed by atoms with Crippen LogP contribution in [0.1, 0.15) is 38.9 Å². The zero-order valence-electron chi connectivity index (χ0n) is 15.9. The highest BCUT2D eigenvalue weighted by Gasteiger charge is 2.33. The lowest BCUT2D eigenvalue weighted by atomic mass is 10.0. The topological polar surface area (TPSA) is 67.2 Å². The molecular formula is C21H17ClF2N4O2. The van der Waals surface area contributed by atoms with Crippen LogP contribution < -0.4 is 10.2 Å². The summed E-state index contributed by atoms with van der Waals surface area (Å²) in [5.41, 5.74) is 1.52. The SMILES string of the molecule is Cn1ncc2c1C(NC(=O)c1ccccc1Cl)CCN2C(=O)c1ccc(F)c(F)c1. The maximum absolute atomic E-state index is 13.6. The number of nitrogens with one attached hydrogen (secondary N) is 1. The van der Waals surface area contributed by atoms with E-state index in [0.717, 1.165) is 12.1 Å². The monoisotopic (exact) mass is 430 g/mol. The van der Waals surface area contributed by atoms with E-state index in [9.17, 15) is 18.4 Å². The number of halogens is 3. The molecule has 0 saturated carbocycles. The molecule has 0 fully saturated rings. The van der Waals surface area contributed by atoms with E-state index in [1.807, 2.05) is 0 Å². The van der Waals surface area contributed by atoms with E-state index in [2.05, 4.69) is 10.4 Å². The molecule has 1 N–H and O–H groups in total. The van der Waals surface area contributed by atoms with Crippen LogP contribution in [-0.4, -0.2) is 28.1 Å². The van der Waals surface area contributed by atoms with Crippen molar-refractivity contribution in [3.63, 3.8) is 0 Å². The number of anilines is 1. The molecule has 0 bridgehead atoms. The lowest BCUT2D eigenvalue weighted by Gasteiger charge is -2.32. The summed E-state index contributed by atoms with van der Waals surface area (Å²) in [5, 5.41) is 7.50. The van der Waals surface area contributed by atoms with Gasteiger partial charge in [0.2, 0.25) is 0 Å². The third kappa shape index (κ3) is 3.54. The number of carbonyl (C=O) groups excluding carboxylic acids is 2. The zero-order valence-corrected chi connectivity index (χ0v) is 16.7. The standard InChI is InChI=1S/C21H17ClF2N4O2/c1-27-19-17(26-20(29)13-4-2-3-5-14(13)22)8-9-28(18(19)11-25-27)21(30)12-6-7-15(23)16(24)10-12/h2-7,10-11,17H,8-9H2,1H3,(H,26,29). The molecule has 3 aromatic rings. The molecule has 0 aliphatic carbocycles. The van der Waals surface area contributed by atoms with E-state index < -0.39 is 23.6 Å². The van der Waals surface area contributed by atoms with Crippen molar-refractivity contribution in [1.82, 2.24) is 15.1 Å². The van der Waals surface area contributed by atoms with Gasteiger partial charge < -0.3 is 10.2 Å². The number of benzene rings is 2.